The highest BCUT2D eigenvalue weighted by Gasteiger charge is 2.17. The first-order valence-electron chi connectivity index (χ1n) is 10.8. The SMILES string of the molecule is Cc1ccncc1-c1cc2cc(Nc3cccc([C@@H]4CCCOC4)c3)ncc2c(N)c1F. The van der Waals surface area contributed by atoms with Gasteiger partial charge in [0.1, 0.15) is 5.82 Å². The first-order chi connectivity index (χ1) is 15.6. The second-order valence-corrected chi connectivity index (χ2v) is 8.30. The standard InChI is InChI=1S/C26H25FN4O/c1-16-7-8-29-13-22(16)21-11-19-12-24(30-14-23(19)26(28)25(21)27)31-20-6-2-4-17(10-20)18-5-3-9-32-15-18/h2,4,6-8,10-14,18H,3,5,9,15,28H2,1H3,(H,30,31)/t18-/m1/s1. The molecule has 4 aromatic rings. The Morgan fingerprint density at radius 1 is 1.12 bits per heavy atom. The van der Waals surface area contributed by atoms with Gasteiger partial charge < -0.3 is 15.8 Å². The van der Waals surface area contributed by atoms with Gasteiger partial charge in [-0.05, 0) is 66.6 Å². The van der Waals surface area contributed by atoms with Crippen LogP contribution in [-0.2, 0) is 4.74 Å². The molecule has 162 valence electrons. The number of hydrogen-bond acceptors (Lipinski definition) is 5. The number of ether oxygens (including phenoxy) is 1. The highest BCUT2D eigenvalue weighted by Crippen LogP contribution is 2.35. The number of nitrogen functional groups attached to an aromatic ring is 1. The molecule has 1 aliphatic heterocycles. The minimum absolute atomic E-state index is 0.0964. The van der Waals surface area contributed by atoms with Crippen molar-refractivity contribution in [2.24, 2.45) is 0 Å². The van der Waals surface area contributed by atoms with Crippen LogP contribution in [0.25, 0.3) is 21.9 Å². The molecule has 2 aromatic carbocycles. The van der Waals surface area contributed by atoms with E-state index in [0.29, 0.717) is 22.7 Å². The molecule has 1 fully saturated rings. The van der Waals surface area contributed by atoms with Crippen LogP contribution in [0.1, 0.15) is 29.9 Å². The van der Waals surface area contributed by atoms with Crippen molar-refractivity contribution in [1.29, 1.82) is 0 Å². The molecule has 0 bridgehead atoms. The van der Waals surface area contributed by atoms with E-state index in [4.69, 9.17) is 10.5 Å². The van der Waals surface area contributed by atoms with Crippen molar-refractivity contribution < 1.29 is 9.13 Å². The second-order valence-electron chi connectivity index (χ2n) is 8.30. The maximum Gasteiger partial charge on any atom is 0.154 e. The van der Waals surface area contributed by atoms with E-state index in [1.165, 1.54) is 5.56 Å². The highest BCUT2D eigenvalue weighted by molar-refractivity contribution is 5.98. The number of anilines is 3. The zero-order valence-corrected chi connectivity index (χ0v) is 17.9. The van der Waals surface area contributed by atoms with Gasteiger partial charge in [-0.1, -0.05) is 12.1 Å². The van der Waals surface area contributed by atoms with Crippen LogP contribution in [0.2, 0.25) is 0 Å². The summed E-state index contributed by atoms with van der Waals surface area (Å²) in [6, 6.07) is 13.9. The predicted octanol–water partition coefficient (Wildman–Crippen LogP) is 5.96. The van der Waals surface area contributed by atoms with Gasteiger partial charge in [-0.3, -0.25) is 4.98 Å². The summed E-state index contributed by atoms with van der Waals surface area (Å²) < 4.78 is 20.7. The number of pyridine rings is 2. The number of halogens is 1. The maximum absolute atomic E-state index is 15.1. The molecule has 1 saturated heterocycles. The van der Waals surface area contributed by atoms with Crippen LogP contribution >= 0.6 is 0 Å². The molecule has 5 nitrogen and oxygen atoms in total. The Morgan fingerprint density at radius 3 is 2.84 bits per heavy atom. The summed E-state index contributed by atoms with van der Waals surface area (Å²) >= 11 is 0. The zero-order valence-electron chi connectivity index (χ0n) is 17.9. The average Bonchev–Trinajstić information content (AvgIpc) is 2.83. The van der Waals surface area contributed by atoms with Crippen LogP contribution < -0.4 is 11.1 Å². The largest absolute Gasteiger partial charge is 0.396 e. The fourth-order valence-corrected chi connectivity index (χ4v) is 4.33. The van der Waals surface area contributed by atoms with Crippen LogP contribution in [-0.4, -0.2) is 23.2 Å². The van der Waals surface area contributed by atoms with Gasteiger partial charge >= 0.3 is 0 Å². The molecule has 32 heavy (non-hydrogen) atoms. The molecule has 1 aliphatic rings. The number of aryl methyl sites for hydroxylation is 1. The van der Waals surface area contributed by atoms with Crippen molar-refractivity contribution in [3.05, 3.63) is 78.0 Å². The van der Waals surface area contributed by atoms with Gasteiger partial charge in [0.25, 0.3) is 0 Å². The number of nitrogens with zero attached hydrogens (tertiary/aromatic N) is 2. The Morgan fingerprint density at radius 2 is 2.03 bits per heavy atom. The number of rotatable bonds is 4. The second kappa shape index (κ2) is 8.55. The smallest absolute Gasteiger partial charge is 0.154 e. The molecule has 0 radical (unpaired) electrons. The molecule has 3 heterocycles. The lowest BCUT2D eigenvalue weighted by molar-refractivity contribution is 0.0804. The fourth-order valence-electron chi connectivity index (χ4n) is 4.33. The van der Waals surface area contributed by atoms with Crippen molar-refractivity contribution in [2.45, 2.75) is 25.7 Å². The van der Waals surface area contributed by atoms with E-state index in [9.17, 15) is 0 Å². The highest BCUT2D eigenvalue weighted by atomic mass is 19.1. The average molecular weight is 429 g/mol. The van der Waals surface area contributed by atoms with Crippen LogP contribution in [0.4, 0.5) is 21.6 Å². The van der Waals surface area contributed by atoms with Crippen LogP contribution in [0.5, 0.6) is 0 Å². The zero-order chi connectivity index (χ0) is 22.1. The summed E-state index contributed by atoms with van der Waals surface area (Å²) in [6.07, 6.45) is 7.21. The molecule has 2 aromatic heterocycles. The molecule has 0 amide bonds. The molecule has 6 heteroatoms. The number of benzene rings is 2. The van der Waals surface area contributed by atoms with Gasteiger partial charge in [0.05, 0.1) is 12.3 Å². The molecular formula is C26H25FN4O. The number of aromatic nitrogens is 2. The number of nitrogens with one attached hydrogen (secondary N) is 1. The maximum atomic E-state index is 15.1. The normalized spacial score (nSPS) is 16.2. The van der Waals surface area contributed by atoms with Gasteiger partial charge in [-0.2, -0.15) is 0 Å². The third-order valence-corrected chi connectivity index (χ3v) is 6.12. The van der Waals surface area contributed by atoms with E-state index in [2.05, 4.69) is 27.4 Å². The first-order valence-corrected chi connectivity index (χ1v) is 10.8. The third-order valence-electron chi connectivity index (χ3n) is 6.12. The van der Waals surface area contributed by atoms with Crippen LogP contribution in [0, 0.1) is 12.7 Å². The van der Waals surface area contributed by atoms with Gasteiger partial charge in [-0.25, -0.2) is 9.37 Å². The summed E-state index contributed by atoms with van der Waals surface area (Å²) in [5, 5.41) is 4.79. The molecule has 0 spiro atoms. The minimum atomic E-state index is -0.446. The number of hydrogen-bond donors (Lipinski definition) is 2. The molecule has 0 aliphatic carbocycles. The summed E-state index contributed by atoms with van der Waals surface area (Å²) in [7, 11) is 0. The Labute approximate surface area is 186 Å². The summed E-state index contributed by atoms with van der Waals surface area (Å²) in [4.78, 5) is 8.62. The van der Waals surface area contributed by atoms with E-state index in [-0.39, 0.29) is 5.69 Å². The van der Waals surface area contributed by atoms with E-state index < -0.39 is 5.82 Å². The van der Waals surface area contributed by atoms with Gasteiger partial charge in [0.2, 0.25) is 0 Å². The third kappa shape index (κ3) is 3.89. The van der Waals surface area contributed by atoms with Crippen LogP contribution in [0.3, 0.4) is 0 Å². The Balaban J connectivity index is 1.50. The lowest BCUT2D eigenvalue weighted by atomic mass is 9.93. The van der Waals surface area contributed by atoms with Gasteiger partial charge in [0.15, 0.2) is 5.82 Å². The molecule has 3 N–H and O–H groups in total. The quantitative estimate of drug-likeness (QED) is 0.392. The first kappa shape index (κ1) is 20.4. The van der Waals surface area contributed by atoms with E-state index in [0.717, 1.165) is 48.3 Å². The Hall–Kier alpha value is -3.51. The van der Waals surface area contributed by atoms with Gasteiger partial charge in [-0.15, -0.1) is 0 Å². The fraction of sp³-hybridized carbons (Fsp3) is 0.231. The van der Waals surface area contributed by atoms with Gasteiger partial charge in [0, 0.05) is 53.3 Å². The van der Waals surface area contributed by atoms with Crippen molar-refractivity contribution >= 4 is 28.0 Å². The molecular weight excluding hydrogens is 403 g/mol. The predicted molar refractivity (Wildman–Crippen MR) is 127 cm³/mol. The topological polar surface area (TPSA) is 73.1 Å². The van der Waals surface area contributed by atoms with Crippen molar-refractivity contribution in [1.82, 2.24) is 9.97 Å². The Bertz CT molecular complexity index is 1280. The van der Waals surface area contributed by atoms with E-state index >= 15 is 4.39 Å². The Kier molecular flexibility index (Phi) is 5.45. The lowest BCUT2D eigenvalue weighted by Crippen LogP contribution is -2.15. The molecule has 5 rings (SSSR count). The lowest BCUT2D eigenvalue weighted by Gasteiger charge is -2.23. The monoisotopic (exact) mass is 428 g/mol. The van der Waals surface area contributed by atoms with Crippen molar-refractivity contribution in [2.75, 3.05) is 24.3 Å². The number of nitrogens with two attached hydrogens (primary N) is 1. The molecule has 0 saturated carbocycles. The molecule has 0 unspecified atom stereocenters. The minimum Gasteiger partial charge on any atom is -0.396 e. The molecule has 1 atom stereocenters. The van der Waals surface area contributed by atoms with E-state index in [1.807, 2.05) is 37.3 Å². The van der Waals surface area contributed by atoms with E-state index in [1.54, 1.807) is 18.6 Å². The summed E-state index contributed by atoms with van der Waals surface area (Å²) in [5.41, 5.74) is 10.6. The number of fused-ring (bicyclic) bond motifs is 1. The van der Waals surface area contributed by atoms with Crippen LogP contribution in [0.15, 0.2) is 61.1 Å². The van der Waals surface area contributed by atoms with Crippen molar-refractivity contribution in [3.63, 3.8) is 0 Å². The van der Waals surface area contributed by atoms with Crippen molar-refractivity contribution in [3.8, 4) is 11.1 Å². The summed E-state index contributed by atoms with van der Waals surface area (Å²) in [6.45, 7) is 3.54. The summed E-state index contributed by atoms with van der Waals surface area (Å²) in [5.74, 6) is 0.649.